The number of rotatable bonds is 6. The number of nitrogens with zero attached hydrogens (tertiary/aromatic N) is 4. The molecule has 4 aromatic rings. The average Bonchev–Trinajstić information content (AvgIpc) is 3.31. The number of aromatic nitrogens is 3. The van der Waals surface area contributed by atoms with E-state index in [1.807, 2.05) is 42.5 Å². The zero-order valence-corrected chi connectivity index (χ0v) is 22.9. The lowest BCUT2D eigenvalue weighted by Crippen LogP contribution is -2.36. The number of carbonyl (C=O) groups is 1. The predicted octanol–water partition coefficient (Wildman–Crippen LogP) is 4.06. The van der Waals surface area contributed by atoms with Gasteiger partial charge >= 0.3 is 0 Å². The summed E-state index contributed by atoms with van der Waals surface area (Å²) in [5.74, 6) is -0.775. The Labute approximate surface area is 227 Å². The minimum absolute atomic E-state index is 0.0163. The number of anilines is 1. The smallest absolute Gasteiger partial charge is 0.283 e. The minimum atomic E-state index is -3.77. The normalized spacial score (nSPS) is 17.1. The number of hydrogen-bond donors (Lipinski definition) is 1. The van der Waals surface area contributed by atoms with Crippen LogP contribution in [-0.2, 0) is 20.2 Å². The van der Waals surface area contributed by atoms with Crippen LogP contribution in [0.1, 0.15) is 42.4 Å². The van der Waals surface area contributed by atoms with Gasteiger partial charge in [-0.15, -0.1) is 0 Å². The van der Waals surface area contributed by atoms with Crippen LogP contribution in [0.25, 0.3) is 27.8 Å². The van der Waals surface area contributed by atoms with Crippen molar-refractivity contribution >= 4 is 32.7 Å². The van der Waals surface area contributed by atoms with Gasteiger partial charge in [-0.2, -0.15) is 5.10 Å². The largest absolute Gasteiger partial charge is 0.378 e. The first-order valence-electron chi connectivity index (χ1n) is 13.2. The van der Waals surface area contributed by atoms with Gasteiger partial charge in [0.05, 0.1) is 36.2 Å². The van der Waals surface area contributed by atoms with Gasteiger partial charge in [-0.25, -0.2) is 22.8 Å². The molecule has 1 aliphatic heterocycles. The van der Waals surface area contributed by atoms with Crippen LogP contribution in [0, 0.1) is 0 Å². The topological polar surface area (TPSA) is 106 Å². The van der Waals surface area contributed by atoms with Crippen molar-refractivity contribution in [1.29, 1.82) is 0 Å². The minimum Gasteiger partial charge on any atom is -0.378 e. The van der Waals surface area contributed by atoms with Crippen LogP contribution in [0.2, 0.25) is 0 Å². The van der Waals surface area contributed by atoms with E-state index in [4.69, 9.17) is 14.8 Å². The van der Waals surface area contributed by atoms with Gasteiger partial charge in [0.2, 0.25) is 10.0 Å². The number of ether oxygens (including phenoxy) is 1. The van der Waals surface area contributed by atoms with E-state index >= 15 is 0 Å². The Hall–Kier alpha value is -3.76. The molecule has 1 saturated heterocycles. The van der Waals surface area contributed by atoms with Crippen LogP contribution in [0.4, 0.5) is 5.69 Å². The summed E-state index contributed by atoms with van der Waals surface area (Å²) in [6.07, 6.45) is 4.11. The second-order valence-electron chi connectivity index (χ2n) is 10.6. The number of carbonyl (C=O) groups excluding carboxylic acids is 1. The highest BCUT2D eigenvalue weighted by Crippen LogP contribution is 2.47. The zero-order chi connectivity index (χ0) is 27.2. The summed E-state index contributed by atoms with van der Waals surface area (Å²) < 4.78 is 33.1. The molecule has 3 heterocycles. The lowest BCUT2D eigenvalue weighted by molar-refractivity contribution is 0.0977. The third-order valence-electron chi connectivity index (χ3n) is 7.73. The van der Waals surface area contributed by atoms with Crippen molar-refractivity contribution < 1.29 is 17.9 Å². The quantitative estimate of drug-likeness (QED) is 0.390. The number of morpholine rings is 1. The van der Waals surface area contributed by atoms with Crippen molar-refractivity contribution in [2.45, 2.75) is 31.6 Å². The molecule has 0 radical (unpaired) electrons. The van der Waals surface area contributed by atoms with Crippen LogP contribution in [0.15, 0.2) is 60.7 Å². The van der Waals surface area contributed by atoms with Gasteiger partial charge in [-0.3, -0.25) is 4.79 Å². The van der Waals surface area contributed by atoms with E-state index < -0.39 is 15.9 Å². The predicted molar refractivity (Wildman–Crippen MR) is 151 cm³/mol. The van der Waals surface area contributed by atoms with Gasteiger partial charge in [0, 0.05) is 24.2 Å². The molecule has 1 saturated carbocycles. The molecule has 1 N–H and O–H groups in total. The molecule has 0 spiro atoms. The third-order valence-corrected chi connectivity index (χ3v) is 8.29. The molecular formula is C29H31N5O4S. The molecule has 39 heavy (non-hydrogen) atoms. The van der Waals surface area contributed by atoms with Gasteiger partial charge in [-0.05, 0) is 54.3 Å². The lowest BCUT2D eigenvalue weighted by Gasteiger charge is -2.37. The van der Waals surface area contributed by atoms with Gasteiger partial charge in [0.1, 0.15) is 5.69 Å². The first-order valence-corrected chi connectivity index (χ1v) is 15.1. The van der Waals surface area contributed by atoms with Gasteiger partial charge in [0.15, 0.2) is 5.65 Å². The van der Waals surface area contributed by atoms with Crippen molar-refractivity contribution in [3.8, 4) is 16.8 Å². The van der Waals surface area contributed by atoms with E-state index in [0.29, 0.717) is 18.9 Å². The molecule has 1 aliphatic carbocycles. The maximum atomic E-state index is 13.1. The Morgan fingerprint density at radius 2 is 1.69 bits per heavy atom. The first kappa shape index (κ1) is 25.5. The van der Waals surface area contributed by atoms with Crippen molar-refractivity contribution in [3.05, 3.63) is 72.1 Å². The van der Waals surface area contributed by atoms with Crippen molar-refractivity contribution in [2.24, 2.45) is 0 Å². The summed E-state index contributed by atoms with van der Waals surface area (Å²) in [5, 5.41) is 5.97. The first-order chi connectivity index (χ1) is 18.7. The number of fused-ring (bicyclic) bond motifs is 1. The highest BCUT2D eigenvalue weighted by molar-refractivity contribution is 7.89. The van der Waals surface area contributed by atoms with Crippen LogP contribution in [0.5, 0.6) is 0 Å². The average molecular weight is 546 g/mol. The van der Waals surface area contributed by atoms with Gasteiger partial charge in [0.25, 0.3) is 5.91 Å². The molecule has 2 fully saturated rings. The van der Waals surface area contributed by atoms with Crippen molar-refractivity contribution in [3.63, 3.8) is 0 Å². The highest BCUT2D eigenvalue weighted by Gasteiger charge is 2.39. The molecule has 0 unspecified atom stereocenters. The Morgan fingerprint density at radius 1 is 1.00 bits per heavy atom. The fourth-order valence-corrected chi connectivity index (χ4v) is 5.91. The molecule has 0 atom stereocenters. The van der Waals surface area contributed by atoms with E-state index in [0.717, 1.165) is 72.2 Å². The molecular weight excluding hydrogens is 514 g/mol. The summed E-state index contributed by atoms with van der Waals surface area (Å²) in [6, 6.07) is 19.6. The Balaban J connectivity index is 1.58. The van der Waals surface area contributed by atoms with E-state index in [1.165, 1.54) is 0 Å². The van der Waals surface area contributed by atoms with Crippen molar-refractivity contribution in [1.82, 2.24) is 19.5 Å². The monoisotopic (exact) mass is 545 g/mol. The molecule has 0 bridgehead atoms. The molecule has 9 nitrogen and oxygen atoms in total. The molecule has 6 rings (SSSR count). The number of nitrogens with one attached hydrogen (secondary N) is 1. The standard InChI is InChI=1S/C29H31N5O4S/c1-29(13-6-14-29)26-25-23(20-9-11-21(12-10-20)33-15-17-38-18-16-33)19-24(28(35)32-39(2,36)37)30-27(25)34(31-26)22-7-4-3-5-8-22/h3-5,7-12,19H,6,13-18H2,1-2H3,(H,32,35). The Morgan fingerprint density at radius 3 is 2.31 bits per heavy atom. The SMILES string of the molecule is CC1(c2nn(-c3ccccc3)c3nc(C(=O)NS(C)(=O)=O)cc(-c4ccc(N5CCOCC5)cc4)c23)CCC1. The van der Waals surface area contributed by atoms with E-state index in [-0.39, 0.29) is 11.1 Å². The van der Waals surface area contributed by atoms with E-state index in [1.54, 1.807) is 10.7 Å². The fourth-order valence-electron chi connectivity index (χ4n) is 5.47. The van der Waals surface area contributed by atoms with Gasteiger partial charge in [-0.1, -0.05) is 43.7 Å². The third kappa shape index (κ3) is 4.90. The molecule has 2 aromatic heterocycles. The Kier molecular flexibility index (Phi) is 6.39. The number of benzene rings is 2. The maximum Gasteiger partial charge on any atom is 0.283 e. The van der Waals surface area contributed by atoms with E-state index in [2.05, 4.69) is 28.7 Å². The summed E-state index contributed by atoms with van der Waals surface area (Å²) in [6.45, 7) is 5.30. The van der Waals surface area contributed by atoms with Crippen LogP contribution in [0.3, 0.4) is 0 Å². The van der Waals surface area contributed by atoms with Gasteiger partial charge < -0.3 is 9.64 Å². The van der Waals surface area contributed by atoms with Crippen LogP contribution in [-0.4, -0.2) is 61.6 Å². The summed E-state index contributed by atoms with van der Waals surface area (Å²) in [5.41, 5.74) is 5.01. The maximum absolute atomic E-state index is 13.1. The van der Waals surface area contributed by atoms with E-state index in [9.17, 15) is 13.2 Å². The van der Waals surface area contributed by atoms with Crippen LogP contribution >= 0.6 is 0 Å². The summed E-state index contributed by atoms with van der Waals surface area (Å²) in [7, 11) is -3.77. The lowest BCUT2D eigenvalue weighted by atomic mass is 9.67. The number of hydrogen-bond acceptors (Lipinski definition) is 7. The highest BCUT2D eigenvalue weighted by atomic mass is 32.2. The number of para-hydroxylation sites is 1. The summed E-state index contributed by atoms with van der Waals surface area (Å²) >= 11 is 0. The second-order valence-corrected chi connectivity index (χ2v) is 12.4. The molecule has 1 amide bonds. The second kappa shape index (κ2) is 9.77. The molecule has 202 valence electrons. The fraction of sp³-hybridized carbons (Fsp3) is 0.345. The number of amides is 1. The summed E-state index contributed by atoms with van der Waals surface area (Å²) in [4.78, 5) is 20.1. The number of sulfonamides is 1. The Bertz CT molecular complexity index is 1640. The van der Waals surface area contributed by atoms with Crippen molar-refractivity contribution in [2.75, 3.05) is 37.5 Å². The number of pyridine rings is 1. The molecule has 2 aromatic carbocycles. The zero-order valence-electron chi connectivity index (χ0n) is 22.1. The van der Waals surface area contributed by atoms with Crippen LogP contribution < -0.4 is 9.62 Å². The molecule has 10 heteroatoms. The molecule has 2 aliphatic rings.